The molecule has 1 atom stereocenters. The predicted octanol–water partition coefficient (Wildman–Crippen LogP) is 3.25. The minimum atomic E-state index is -0.340. The summed E-state index contributed by atoms with van der Waals surface area (Å²) in [5.41, 5.74) is 0.317. The van der Waals surface area contributed by atoms with E-state index < -0.39 is 0 Å². The van der Waals surface area contributed by atoms with Crippen molar-refractivity contribution in [2.75, 3.05) is 0 Å². The summed E-state index contributed by atoms with van der Waals surface area (Å²) in [7, 11) is 0. The molecule has 0 amide bonds. The zero-order valence-corrected chi connectivity index (χ0v) is 11.2. The number of benzene rings is 1. The molecule has 0 bridgehead atoms. The Morgan fingerprint density at radius 1 is 1.39 bits per heavy atom. The van der Waals surface area contributed by atoms with Crippen molar-refractivity contribution in [2.24, 2.45) is 5.41 Å². The van der Waals surface area contributed by atoms with Crippen LogP contribution in [0.4, 0.5) is 0 Å². The summed E-state index contributed by atoms with van der Waals surface area (Å²) in [6, 6.07) is 6.74. The van der Waals surface area contributed by atoms with Crippen LogP contribution in [-0.4, -0.2) is 17.9 Å². The van der Waals surface area contributed by atoms with Crippen molar-refractivity contribution in [3.05, 3.63) is 34.9 Å². The molecular formula is C14H15ClO3. The van der Waals surface area contributed by atoms with Crippen LogP contribution in [0, 0.1) is 5.41 Å². The smallest absolute Gasteiger partial charge is 0.306 e. The third-order valence-corrected chi connectivity index (χ3v) is 3.53. The first-order valence-electron chi connectivity index (χ1n) is 5.87. The summed E-state index contributed by atoms with van der Waals surface area (Å²) in [6.07, 6.45) is 0.250. The largest absolute Gasteiger partial charge is 0.461 e. The highest BCUT2D eigenvalue weighted by Crippen LogP contribution is 2.37. The van der Waals surface area contributed by atoms with Crippen molar-refractivity contribution >= 4 is 23.4 Å². The molecule has 2 rings (SSSR count). The topological polar surface area (TPSA) is 43.4 Å². The van der Waals surface area contributed by atoms with Crippen LogP contribution in [0.1, 0.15) is 37.0 Å². The van der Waals surface area contributed by atoms with Gasteiger partial charge in [-0.1, -0.05) is 25.4 Å². The van der Waals surface area contributed by atoms with Crippen molar-refractivity contribution in [3.63, 3.8) is 0 Å². The predicted molar refractivity (Wildman–Crippen MR) is 68.7 cm³/mol. The number of cyclic esters (lactones) is 1. The van der Waals surface area contributed by atoms with E-state index in [0.717, 1.165) is 0 Å². The zero-order chi connectivity index (χ0) is 13.3. The van der Waals surface area contributed by atoms with Gasteiger partial charge in [-0.2, -0.15) is 0 Å². The molecule has 0 aromatic heterocycles. The molecule has 1 unspecified atom stereocenters. The second kappa shape index (κ2) is 4.73. The number of carbonyl (C=O) groups is 2. The van der Waals surface area contributed by atoms with Crippen molar-refractivity contribution < 1.29 is 14.3 Å². The van der Waals surface area contributed by atoms with Gasteiger partial charge in [0.05, 0.1) is 6.42 Å². The summed E-state index contributed by atoms with van der Waals surface area (Å²) in [5, 5.41) is 0.596. The molecule has 1 saturated heterocycles. The minimum Gasteiger partial charge on any atom is -0.461 e. The third-order valence-electron chi connectivity index (χ3n) is 3.28. The van der Waals surface area contributed by atoms with Crippen LogP contribution in [0.25, 0.3) is 0 Å². The molecule has 1 heterocycles. The number of rotatable bonds is 3. The fourth-order valence-corrected chi connectivity index (χ4v) is 2.21. The van der Waals surface area contributed by atoms with E-state index in [1.807, 2.05) is 13.8 Å². The van der Waals surface area contributed by atoms with E-state index in [1.54, 1.807) is 24.3 Å². The average molecular weight is 267 g/mol. The van der Waals surface area contributed by atoms with Gasteiger partial charge in [0.1, 0.15) is 6.10 Å². The lowest BCUT2D eigenvalue weighted by Crippen LogP contribution is -2.27. The fraction of sp³-hybridized carbons (Fsp3) is 0.429. The number of hydrogen-bond acceptors (Lipinski definition) is 3. The Morgan fingerprint density at radius 2 is 2.00 bits per heavy atom. The highest BCUT2D eigenvalue weighted by atomic mass is 35.5. The summed E-state index contributed by atoms with van der Waals surface area (Å²) in [6.45, 7) is 3.88. The number of ether oxygens (including phenoxy) is 1. The van der Waals surface area contributed by atoms with Gasteiger partial charge in [0.25, 0.3) is 0 Å². The van der Waals surface area contributed by atoms with Crippen LogP contribution in [0.3, 0.4) is 0 Å². The van der Waals surface area contributed by atoms with Crippen LogP contribution >= 0.6 is 11.6 Å². The van der Waals surface area contributed by atoms with Crippen molar-refractivity contribution in [1.29, 1.82) is 0 Å². The van der Waals surface area contributed by atoms with Crippen molar-refractivity contribution in [3.8, 4) is 0 Å². The lowest BCUT2D eigenvalue weighted by Gasteiger charge is -2.22. The number of ketones is 1. The molecule has 96 valence electrons. The standard InChI is InChI=1S/C14H15ClO3/c1-14(2)8-13(17)18-12(14)7-11(16)9-3-5-10(15)6-4-9/h3-6,12H,7-8H2,1-2H3. The number of halogens is 1. The van der Waals surface area contributed by atoms with Crippen LogP contribution < -0.4 is 0 Å². The monoisotopic (exact) mass is 266 g/mol. The van der Waals surface area contributed by atoms with E-state index in [4.69, 9.17) is 16.3 Å². The Morgan fingerprint density at radius 3 is 2.50 bits per heavy atom. The van der Waals surface area contributed by atoms with Gasteiger partial charge < -0.3 is 4.74 Å². The Labute approximate surface area is 111 Å². The number of esters is 1. The minimum absolute atomic E-state index is 0.0283. The van der Waals surface area contributed by atoms with E-state index in [-0.39, 0.29) is 29.7 Å². The van der Waals surface area contributed by atoms with Crippen LogP contribution in [0.5, 0.6) is 0 Å². The molecule has 18 heavy (non-hydrogen) atoms. The second-order valence-corrected chi connectivity index (χ2v) is 5.71. The molecule has 1 aliphatic heterocycles. The average Bonchev–Trinajstić information content (AvgIpc) is 2.52. The van der Waals surface area contributed by atoms with Crippen LogP contribution in [0.2, 0.25) is 5.02 Å². The summed E-state index contributed by atoms with van der Waals surface area (Å²) in [5.74, 6) is -0.256. The van der Waals surface area contributed by atoms with Gasteiger partial charge in [-0.05, 0) is 24.3 Å². The second-order valence-electron chi connectivity index (χ2n) is 5.28. The SMILES string of the molecule is CC1(C)CC(=O)OC1CC(=O)c1ccc(Cl)cc1. The maximum Gasteiger partial charge on any atom is 0.306 e. The molecule has 1 aliphatic rings. The first-order chi connectivity index (χ1) is 8.38. The van der Waals surface area contributed by atoms with Crippen molar-refractivity contribution in [1.82, 2.24) is 0 Å². The molecule has 0 N–H and O–H groups in total. The van der Waals surface area contributed by atoms with Gasteiger partial charge >= 0.3 is 5.97 Å². The molecule has 4 heteroatoms. The van der Waals surface area contributed by atoms with Gasteiger partial charge in [0, 0.05) is 22.4 Å². The number of carbonyl (C=O) groups excluding carboxylic acids is 2. The highest BCUT2D eigenvalue weighted by molar-refractivity contribution is 6.30. The molecule has 3 nitrogen and oxygen atoms in total. The molecule has 0 spiro atoms. The molecule has 1 aromatic rings. The molecule has 0 aliphatic carbocycles. The number of hydrogen-bond donors (Lipinski definition) is 0. The molecule has 0 saturated carbocycles. The van der Waals surface area contributed by atoms with Gasteiger partial charge in [-0.15, -0.1) is 0 Å². The molecule has 0 radical (unpaired) electrons. The summed E-state index contributed by atoms with van der Waals surface area (Å²) < 4.78 is 5.21. The lowest BCUT2D eigenvalue weighted by atomic mass is 9.82. The highest BCUT2D eigenvalue weighted by Gasteiger charge is 2.42. The van der Waals surface area contributed by atoms with Gasteiger partial charge in [0.2, 0.25) is 0 Å². The quantitative estimate of drug-likeness (QED) is 0.623. The third kappa shape index (κ3) is 2.72. The Hall–Kier alpha value is -1.35. The molecular weight excluding hydrogens is 252 g/mol. The maximum atomic E-state index is 12.1. The Balaban J connectivity index is 2.08. The summed E-state index contributed by atoms with van der Waals surface area (Å²) in [4.78, 5) is 23.4. The molecule has 1 aromatic carbocycles. The van der Waals surface area contributed by atoms with E-state index in [0.29, 0.717) is 17.0 Å². The maximum absolute atomic E-state index is 12.1. The Bertz CT molecular complexity index is 476. The van der Waals surface area contributed by atoms with Gasteiger partial charge in [-0.25, -0.2) is 0 Å². The number of Topliss-reactive ketones (excluding diaryl/α,β-unsaturated/α-hetero) is 1. The normalized spacial score (nSPS) is 21.7. The summed E-state index contributed by atoms with van der Waals surface area (Å²) >= 11 is 5.77. The van der Waals surface area contributed by atoms with E-state index in [9.17, 15) is 9.59 Å². The van der Waals surface area contributed by atoms with E-state index in [1.165, 1.54) is 0 Å². The van der Waals surface area contributed by atoms with Crippen LogP contribution in [-0.2, 0) is 9.53 Å². The van der Waals surface area contributed by atoms with E-state index in [2.05, 4.69) is 0 Å². The van der Waals surface area contributed by atoms with Crippen molar-refractivity contribution in [2.45, 2.75) is 32.8 Å². The van der Waals surface area contributed by atoms with Crippen LogP contribution in [0.15, 0.2) is 24.3 Å². The molecule has 1 fully saturated rings. The van der Waals surface area contributed by atoms with Gasteiger partial charge in [-0.3, -0.25) is 9.59 Å². The van der Waals surface area contributed by atoms with E-state index >= 15 is 0 Å². The van der Waals surface area contributed by atoms with Gasteiger partial charge in [0.15, 0.2) is 5.78 Å². The fourth-order valence-electron chi connectivity index (χ4n) is 2.09. The Kier molecular flexibility index (Phi) is 3.44. The first kappa shape index (κ1) is 13.1. The first-order valence-corrected chi connectivity index (χ1v) is 6.24. The lowest BCUT2D eigenvalue weighted by molar-refractivity contribution is -0.141. The zero-order valence-electron chi connectivity index (χ0n) is 10.4.